The second-order valence-corrected chi connectivity index (χ2v) is 6.44. The Morgan fingerprint density at radius 1 is 1.00 bits per heavy atom. The van der Waals surface area contributed by atoms with E-state index in [2.05, 4.69) is 24.1 Å². The minimum absolute atomic E-state index is 0.314. The molecule has 0 spiro atoms. The fraction of sp³-hybridized carbons (Fsp3) is 0.333. The van der Waals surface area contributed by atoms with E-state index < -0.39 is 18.5 Å². The van der Waals surface area contributed by atoms with Gasteiger partial charge in [-0.05, 0) is 44.2 Å². The maximum absolute atomic E-state index is 12.2. The molecule has 1 amide bonds. The van der Waals surface area contributed by atoms with Crippen LogP contribution in [0.1, 0.15) is 24.2 Å². The summed E-state index contributed by atoms with van der Waals surface area (Å²) in [7, 11) is 2.94. The number of nitrogens with one attached hydrogen (secondary N) is 1. The molecule has 0 unspecified atom stereocenters. The van der Waals surface area contributed by atoms with Crippen molar-refractivity contribution in [3.05, 3.63) is 47.0 Å². The molecule has 0 radical (unpaired) electrons. The van der Waals surface area contributed by atoms with Crippen LogP contribution in [0.15, 0.2) is 36.4 Å². The summed E-state index contributed by atoms with van der Waals surface area (Å²) in [5, 5.41) is 2.93. The molecule has 7 nitrogen and oxygen atoms in total. The van der Waals surface area contributed by atoms with Gasteiger partial charge in [-0.3, -0.25) is 4.79 Å². The Morgan fingerprint density at radius 3 is 2.17 bits per heavy atom. The monoisotopic (exact) mass is 420 g/mol. The third-order valence-electron chi connectivity index (χ3n) is 4.31. The quantitative estimate of drug-likeness (QED) is 0.618. The van der Waals surface area contributed by atoms with Crippen LogP contribution in [0.5, 0.6) is 11.5 Å². The highest BCUT2D eigenvalue weighted by molar-refractivity contribution is 6.32. The number of nitrogens with zero attached hydrogens (tertiary/aromatic N) is 1. The van der Waals surface area contributed by atoms with Crippen LogP contribution in [0.4, 0.5) is 11.4 Å². The molecular formula is C21H25ClN2O5. The average molecular weight is 421 g/mol. The molecule has 2 aromatic carbocycles. The van der Waals surface area contributed by atoms with E-state index >= 15 is 0 Å². The molecule has 2 aromatic rings. The molecule has 1 N–H and O–H groups in total. The van der Waals surface area contributed by atoms with Gasteiger partial charge < -0.3 is 24.4 Å². The maximum atomic E-state index is 12.2. The SMILES string of the molecule is CCN(CC)c1ccc(C(=O)OCC(=O)Nc2cc(Cl)c(OC)cc2OC)cc1. The van der Waals surface area contributed by atoms with Crippen molar-refractivity contribution in [3.63, 3.8) is 0 Å². The summed E-state index contributed by atoms with van der Waals surface area (Å²) < 4.78 is 15.4. The molecule has 0 aromatic heterocycles. The van der Waals surface area contributed by atoms with E-state index in [0.29, 0.717) is 27.8 Å². The highest BCUT2D eigenvalue weighted by Crippen LogP contribution is 2.35. The smallest absolute Gasteiger partial charge is 0.338 e. The van der Waals surface area contributed by atoms with Gasteiger partial charge in [0.2, 0.25) is 0 Å². The Hall–Kier alpha value is -2.93. The minimum atomic E-state index is -0.578. The number of carbonyl (C=O) groups excluding carboxylic acids is 2. The molecule has 29 heavy (non-hydrogen) atoms. The van der Waals surface area contributed by atoms with Crippen molar-refractivity contribution in [2.45, 2.75) is 13.8 Å². The van der Waals surface area contributed by atoms with Crippen LogP contribution in [-0.2, 0) is 9.53 Å². The van der Waals surface area contributed by atoms with E-state index in [0.717, 1.165) is 18.8 Å². The van der Waals surface area contributed by atoms with Gasteiger partial charge in [0.1, 0.15) is 11.5 Å². The van der Waals surface area contributed by atoms with Crippen molar-refractivity contribution in [2.24, 2.45) is 0 Å². The highest BCUT2D eigenvalue weighted by Gasteiger charge is 2.15. The second-order valence-electron chi connectivity index (χ2n) is 6.03. The summed E-state index contributed by atoms with van der Waals surface area (Å²) in [5.74, 6) is -0.303. The summed E-state index contributed by atoms with van der Waals surface area (Å²) in [5.41, 5.74) is 1.74. The van der Waals surface area contributed by atoms with Gasteiger partial charge in [0.15, 0.2) is 6.61 Å². The molecule has 0 saturated heterocycles. The molecule has 0 aliphatic rings. The molecule has 0 bridgehead atoms. The average Bonchev–Trinajstić information content (AvgIpc) is 2.73. The van der Waals surface area contributed by atoms with Crippen LogP contribution in [0.25, 0.3) is 0 Å². The zero-order chi connectivity index (χ0) is 21.4. The van der Waals surface area contributed by atoms with Crippen LogP contribution in [0.3, 0.4) is 0 Å². The zero-order valence-electron chi connectivity index (χ0n) is 17.0. The first-order chi connectivity index (χ1) is 13.9. The van der Waals surface area contributed by atoms with E-state index in [1.165, 1.54) is 20.3 Å². The maximum Gasteiger partial charge on any atom is 0.338 e. The van der Waals surface area contributed by atoms with Crippen molar-refractivity contribution in [3.8, 4) is 11.5 Å². The van der Waals surface area contributed by atoms with E-state index in [1.807, 2.05) is 12.1 Å². The Morgan fingerprint density at radius 2 is 1.62 bits per heavy atom. The minimum Gasteiger partial charge on any atom is -0.495 e. The normalized spacial score (nSPS) is 10.2. The Kier molecular flexibility index (Phi) is 8.15. The van der Waals surface area contributed by atoms with Crippen LogP contribution in [0.2, 0.25) is 5.02 Å². The van der Waals surface area contributed by atoms with Crippen molar-refractivity contribution in [1.82, 2.24) is 0 Å². The van der Waals surface area contributed by atoms with Crippen molar-refractivity contribution in [1.29, 1.82) is 0 Å². The fourth-order valence-electron chi connectivity index (χ4n) is 2.76. The van der Waals surface area contributed by atoms with E-state index in [1.54, 1.807) is 18.2 Å². The summed E-state index contributed by atoms with van der Waals surface area (Å²) in [6.45, 7) is 5.44. The molecule has 0 heterocycles. The number of amides is 1. The van der Waals surface area contributed by atoms with E-state index in [4.69, 9.17) is 25.8 Å². The number of halogens is 1. The molecule has 0 fully saturated rings. The molecular weight excluding hydrogens is 396 g/mol. The molecule has 8 heteroatoms. The first kappa shape index (κ1) is 22.4. The summed E-state index contributed by atoms with van der Waals surface area (Å²) >= 11 is 6.08. The molecule has 0 aliphatic heterocycles. The first-order valence-corrected chi connectivity index (χ1v) is 9.54. The Labute approximate surface area is 175 Å². The largest absolute Gasteiger partial charge is 0.495 e. The lowest BCUT2D eigenvalue weighted by Crippen LogP contribution is -2.22. The van der Waals surface area contributed by atoms with Gasteiger partial charge in [0.05, 0.1) is 30.5 Å². The van der Waals surface area contributed by atoms with Gasteiger partial charge in [-0.25, -0.2) is 4.79 Å². The fourth-order valence-corrected chi connectivity index (χ4v) is 3.00. The Bertz CT molecular complexity index is 851. The lowest BCUT2D eigenvalue weighted by Gasteiger charge is -2.20. The zero-order valence-corrected chi connectivity index (χ0v) is 17.7. The predicted octanol–water partition coefficient (Wildman–Crippen LogP) is 4.00. The number of rotatable bonds is 9. The summed E-state index contributed by atoms with van der Waals surface area (Å²) in [6.07, 6.45) is 0. The second kappa shape index (κ2) is 10.6. The number of methoxy groups -OCH3 is 2. The van der Waals surface area contributed by atoms with Crippen LogP contribution >= 0.6 is 11.6 Å². The lowest BCUT2D eigenvalue weighted by molar-refractivity contribution is -0.119. The van der Waals surface area contributed by atoms with Gasteiger partial charge >= 0.3 is 5.97 Å². The lowest BCUT2D eigenvalue weighted by atomic mass is 10.2. The van der Waals surface area contributed by atoms with Crippen molar-refractivity contribution < 1.29 is 23.8 Å². The van der Waals surface area contributed by atoms with Crippen molar-refractivity contribution in [2.75, 3.05) is 44.1 Å². The van der Waals surface area contributed by atoms with Crippen LogP contribution in [-0.4, -0.2) is 45.8 Å². The standard InChI is InChI=1S/C21H25ClN2O5/c1-5-24(6-2)15-9-7-14(8-10-15)21(26)29-13-20(25)23-17-11-16(22)18(27-3)12-19(17)28-4/h7-12H,5-6,13H2,1-4H3,(H,23,25). The third kappa shape index (κ3) is 5.77. The van der Waals surface area contributed by atoms with E-state index in [9.17, 15) is 9.59 Å². The first-order valence-electron chi connectivity index (χ1n) is 9.16. The summed E-state index contributed by atoms with van der Waals surface area (Å²) in [6, 6.07) is 10.1. The number of benzene rings is 2. The van der Waals surface area contributed by atoms with Gasteiger partial charge in [0.25, 0.3) is 5.91 Å². The predicted molar refractivity (Wildman–Crippen MR) is 113 cm³/mol. The molecule has 0 saturated carbocycles. The summed E-state index contributed by atoms with van der Waals surface area (Å²) in [4.78, 5) is 26.5. The number of esters is 1. The molecule has 2 rings (SSSR count). The Balaban J connectivity index is 1.97. The molecule has 0 aliphatic carbocycles. The number of hydrogen-bond acceptors (Lipinski definition) is 6. The van der Waals surface area contributed by atoms with Crippen LogP contribution in [0, 0.1) is 0 Å². The van der Waals surface area contributed by atoms with Crippen molar-refractivity contribution >= 4 is 34.9 Å². The number of anilines is 2. The number of ether oxygens (including phenoxy) is 3. The highest BCUT2D eigenvalue weighted by atomic mass is 35.5. The van der Waals surface area contributed by atoms with Crippen LogP contribution < -0.4 is 19.7 Å². The topological polar surface area (TPSA) is 77.1 Å². The van der Waals surface area contributed by atoms with E-state index in [-0.39, 0.29) is 0 Å². The third-order valence-corrected chi connectivity index (χ3v) is 4.61. The van der Waals surface area contributed by atoms with Gasteiger partial charge in [-0.15, -0.1) is 0 Å². The molecule has 156 valence electrons. The van der Waals surface area contributed by atoms with Gasteiger partial charge in [-0.1, -0.05) is 11.6 Å². The van der Waals surface area contributed by atoms with Gasteiger partial charge in [-0.2, -0.15) is 0 Å². The molecule has 0 atom stereocenters. The number of carbonyl (C=O) groups is 2. The number of hydrogen-bond donors (Lipinski definition) is 1. The van der Waals surface area contributed by atoms with Gasteiger partial charge in [0, 0.05) is 24.8 Å².